The van der Waals surface area contributed by atoms with Crippen LogP contribution in [0.1, 0.15) is 29.9 Å². The van der Waals surface area contributed by atoms with Crippen molar-refractivity contribution in [3.05, 3.63) is 17.0 Å². The fourth-order valence-electron chi connectivity index (χ4n) is 2.41. The average molecular weight is 410 g/mol. The molecule has 1 aromatic heterocycles. The highest BCUT2D eigenvalue weighted by Gasteiger charge is 2.17. The van der Waals surface area contributed by atoms with Crippen LogP contribution in [0.3, 0.4) is 0 Å². The second-order valence-electron chi connectivity index (χ2n) is 4.94. The first-order chi connectivity index (χ1) is 9.09. The molecule has 0 amide bonds. The lowest BCUT2D eigenvalue weighted by Gasteiger charge is -2.27. The van der Waals surface area contributed by atoms with Crippen molar-refractivity contribution < 1.29 is 4.52 Å². The van der Waals surface area contributed by atoms with E-state index < -0.39 is 0 Å². The van der Waals surface area contributed by atoms with Gasteiger partial charge in [0.2, 0.25) is 0 Å². The molecule has 0 radical (unpaired) electrons. The maximum Gasteiger partial charge on any atom is 0.191 e. The Morgan fingerprint density at radius 2 is 2.10 bits per heavy atom. The number of aromatic nitrogens is 1. The zero-order valence-electron chi connectivity index (χ0n) is 12.3. The van der Waals surface area contributed by atoms with Crippen molar-refractivity contribution in [1.82, 2.24) is 10.1 Å². The third-order valence-electron chi connectivity index (χ3n) is 3.44. The van der Waals surface area contributed by atoms with Crippen LogP contribution in [0.15, 0.2) is 9.52 Å². The van der Waals surface area contributed by atoms with Crippen LogP contribution in [0.4, 0.5) is 0 Å². The summed E-state index contributed by atoms with van der Waals surface area (Å²) in [4.78, 5) is 6.69. The first-order valence-electron chi connectivity index (χ1n) is 6.65. The smallest absolute Gasteiger partial charge is 0.191 e. The standard InChI is InChI=1S/C13H22N4OS.HI/c1-9(12-10(2)16-18-11(12)3)8-15-13(14)17-4-6-19-7-5-17;/h9H,4-8H2,1-3H3,(H2,14,15);1H. The predicted octanol–water partition coefficient (Wildman–Crippen LogP) is 2.38. The third-order valence-corrected chi connectivity index (χ3v) is 4.39. The highest BCUT2D eigenvalue weighted by atomic mass is 127. The molecule has 1 aliphatic rings. The van der Waals surface area contributed by atoms with Gasteiger partial charge in [0.25, 0.3) is 0 Å². The monoisotopic (exact) mass is 410 g/mol. The highest BCUT2D eigenvalue weighted by Crippen LogP contribution is 2.23. The van der Waals surface area contributed by atoms with Crippen molar-refractivity contribution in [3.8, 4) is 0 Å². The molecule has 1 aliphatic heterocycles. The van der Waals surface area contributed by atoms with Crippen LogP contribution < -0.4 is 5.73 Å². The second kappa shape index (κ2) is 8.11. The summed E-state index contributed by atoms with van der Waals surface area (Å²) in [5.41, 5.74) is 8.16. The number of aryl methyl sites for hydroxylation is 2. The normalized spacial score (nSPS) is 17.8. The Morgan fingerprint density at radius 3 is 2.65 bits per heavy atom. The van der Waals surface area contributed by atoms with E-state index in [1.54, 1.807) is 0 Å². The molecule has 0 bridgehead atoms. The van der Waals surface area contributed by atoms with Gasteiger partial charge in [-0.15, -0.1) is 24.0 Å². The number of thioether (sulfide) groups is 1. The fourth-order valence-corrected chi connectivity index (χ4v) is 3.31. The van der Waals surface area contributed by atoms with Gasteiger partial charge in [-0.2, -0.15) is 11.8 Å². The minimum atomic E-state index is 0. The van der Waals surface area contributed by atoms with E-state index in [9.17, 15) is 0 Å². The number of aliphatic imine (C=N–C) groups is 1. The summed E-state index contributed by atoms with van der Waals surface area (Å²) in [5.74, 6) is 4.10. The molecule has 0 aliphatic carbocycles. The summed E-state index contributed by atoms with van der Waals surface area (Å²) < 4.78 is 5.20. The second-order valence-corrected chi connectivity index (χ2v) is 6.16. The maximum atomic E-state index is 6.05. The van der Waals surface area contributed by atoms with Gasteiger partial charge in [-0.1, -0.05) is 12.1 Å². The molecule has 1 atom stereocenters. The molecule has 1 aromatic rings. The summed E-state index contributed by atoms with van der Waals surface area (Å²) >= 11 is 1.97. The number of hydrogen-bond donors (Lipinski definition) is 1. The quantitative estimate of drug-likeness (QED) is 0.471. The van der Waals surface area contributed by atoms with E-state index >= 15 is 0 Å². The Bertz CT molecular complexity index is 438. The van der Waals surface area contributed by atoms with Gasteiger partial charge in [-0.05, 0) is 13.8 Å². The van der Waals surface area contributed by atoms with Gasteiger partial charge >= 0.3 is 0 Å². The zero-order valence-corrected chi connectivity index (χ0v) is 15.4. The van der Waals surface area contributed by atoms with E-state index in [0.717, 1.165) is 41.6 Å². The van der Waals surface area contributed by atoms with E-state index in [1.807, 2.05) is 25.6 Å². The summed E-state index contributed by atoms with van der Waals surface area (Å²) in [6.07, 6.45) is 0. The maximum absolute atomic E-state index is 6.05. The van der Waals surface area contributed by atoms with Crippen molar-refractivity contribution >= 4 is 41.7 Å². The van der Waals surface area contributed by atoms with Gasteiger partial charge in [0, 0.05) is 42.6 Å². The van der Waals surface area contributed by atoms with Crippen molar-refractivity contribution in [2.45, 2.75) is 26.7 Å². The van der Waals surface area contributed by atoms with Crippen LogP contribution in [0.25, 0.3) is 0 Å². The number of nitrogens with zero attached hydrogens (tertiary/aromatic N) is 3. The molecule has 5 nitrogen and oxygen atoms in total. The molecule has 1 fully saturated rings. The Kier molecular flexibility index (Phi) is 7.14. The molecule has 2 heterocycles. The van der Waals surface area contributed by atoms with Crippen molar-refractivity contribution in [2.24, 2.45) is 10.7 Å². The van der Waals surface area contributed by atoms with Gasteiger partial charge in [0.05, 0.1) is 5.69 Å². The van der Waals surface area contributed by atoms with E-state index in [0.29, 0.717) is 12.5 Å². The van der Waals surface area contributed by atoms with Crippen molar-refractivity contribution in [1.29, 1.82) is 0 Å². The lowest BCUT2D eigenvalue weighted by atomic mass is 10.00. The molecule has 0 aromatic carbocycles. The minimum Gasteiger partial charge on any atom is -0.370 e. The molecule has 20 heavy (non-hydrogen) atoms. The molecule has 0 spiro atoms. The molecule has 0 saturated carbocycles. The van der Waals surface area contributed by atoms with Gasteiger partial charge in [-0.3, -0.25) is 4.99 Å². The van der Waals surface area contributed by atoms with Gasteiger partial charge < -0.3 is 15.2 Å². The highest BCUT2D eigenvalue weighted by molar-refractivity contribution is 14.0. The minimum absolute atomic E-state index is 0. The summed E-state index contributed by atoms with van der Waals surface area (Å²) in [5, 5.41) is 3.99. The van der Waals surface area contributed by atoms with Crippen LogP contribution in [-0.2, 0) is 0 Å². The molecular formula is C13H23IN4OS. The van der Waals surface area contributed by atoms with Crippen molar-refractivity contribution in [3.63, 3.8) is 0 Å². The third kappa shape index (κ3) is 4.28. The molecule has 114 valence electrons. The number of halogens is 1. The first kappa shape index (κ1) is 17.6. The molecule has 7 heteroatoms. The van der Waals surface area contributed by atoms with E-state index in [1.165, 1.54) is 0 Å². The number of rotatable bonds is 3. The van der Waals surface area contributed by atoms with E-state index in [4.69, 9.17) is 10.3 Å². The van der Waals surface area contributed by atoms with Crippen LogP contribution in [0.2, 0.25) is 0 Å². The molecule has 1 unspecified atom stereocenters. The van der Waals surface area contributed by atoms with E-state index in [2.05, 4.69) is 22.0 Å². The Labute approximate surface area is 141 Å². The average Bonchev–Trinajstić information content (AvgIpc) is 2.76. The van der Waals surface area contributed by atoms with Crippen LogP contribution in [-0.4, -0.2) is 47.2 Å². The number of hydrogen-bond acceptors (Lipinski definition) is 4. The zero-order chi connectivity index (χ0) is 13.8. The number of nitrogens with two attached hydrogens (primary N) is 1. The summed E-state index contributed by atoms with van der Waals surface area (Å²) in [6, 6.07) is 0. The number of guanidine groups is 1. The Hall–Kier alpha value is -0.440. The molecular weight excluding hydrogens is 387 g/mol. The van der Waals surface area contributed by atoms with Crippen LogP contribution in [0, 0.1) is 13.8 Å². The van der Waals surface area contributed by atoms with Crippen LogP contribution in [0.5, 0.6) is 0 Å². The van der Waals surface area contributed by atoms with Gasteiger partial charge in [0.1, 0.15) is 5.76 Å². The molecule has 2 rings (SSSR count). The first-order valence-corrected chi connectivity index (χ1v) is 7.80. The topological polar surface area (TPSA) is 67.6 Å². The Morgan fingerprint density at radius 1 is 1.45 bits per heavy atom. The lowest BCUT2D eigenvalue weighted by molar-refractivity contribution is 0.391. The van der Waals surface area contributed by atoms with Gasteiger partial charge in [-0.25, -0.2) is 0 Å². The molecule has 2 N–H and O–H groups in total. The summed E-state index contributed by atoms with van der Waals surface area (Å²) in [6.45, 7) is 8.73. The van der Waals surface area contributed by atoms with Gasteiger partial charge in [0.15, 0.2) is 5.96 Å². The SMILES string of the molecule is Cc1noc(C)c1C(C)CN=C(N)N1CCSCC1.I. The van der Waals surface area contributed by atoms with E-state index in [-0.39, 0.29) is 29.9 Å². The molecule has 1 saturated heterocycles. The largest absolute Gasteiger partial charge is 0.370 e. The predicted molar refractivity (Wildman–Crippen MR) is 95.2 cm³/mol. The Balaban J connectivity index is 0.00000200. The van der Waals surface area contributed by atoms with Crippen LogP contribution >= 0.6 is 35.7 Å². The fraction of sp³-hybridized carbons (Fsp3) is 0.692. The summed E-state index contributed by atoms with van der Waals surface area (Å²) in [7, 11) is 0. The lowest BCUT2D eigenvalue weighted by Crippen LogP contribution is -2.42. The van der Waals surface area contributed by atoms with Crippen molar-refractivity contribution in [2.75, 3.05) is 31.1 Å².